The van der Waals surface area contributed by atoms with E-state index in [1.165, 1.54) is 0 Å². The summed E-state index contributed by atoms with van der Waals surface area (Å²) in [7, 11) is 0. The van der Waals surface area contributed by atoms with Crippen molar-refractivity contribution in [3.8, 4) is 0 Å². The third-order valence-electron chi connectivity index (χ3n) is 4.15. The van der Waals surface area contributed by atoms with Crippen LogP contribution in [0.25, 0.3) is 10.9 Å². The van der Waals surface area contributed by atoms with E-state index in [4.69, 9.17) is 4.74 Å². The van der Waals surface area contributed by atoms with Gasteiger partial charge >= 0.3 is 0 Å². The number of amides is 1. The van der Waals surface area contributed by atoms with Crippen molar-refractivity contribution in [2.75, 3.05) is 6.61 Å². The minimum Gasteiger partial charge on any atom is -0.365 e. The largest absolute Gasteiger partial charge is 0.365 e. The summed E-state index contributed by atoms with van der Waals surface area (Å²) in [6, 6.07) is 8.10. The minimum atomic E-state index is -0.677. The number of aryl methyl sites for hydroxylation is 1. The molecule has 1 N–H and O–H groups in total. The van der Waals surface area contributed by atoms with Crippen LogP contribution < -0.4 is 5.32 Å². The highest BCUT2D eigenvalue weighted by atomic mass is 16.5. The molecule has 0 aliphatic carbocycles. The molecule has 5 nitrogen and oxygen atoms in total. The molecule has 1 aromatic heterocycles. The molecular weight excluding hydrogens is 266 g/mol. The maximum Gasteiger partial charge on any atom is 0.252 e. The molecule has 1 fully saturated rings. The maximum absolute atomic E-state index is 12.3. The monoisotopic (exact) mass is 287 g/mol. The molecule has 2 heterocycles. The van der Waals surface area contributed by atoms with Crippen molar-refractivity contribution >= 4 is 16.8 Å². The van der Waals surface area contributed by atoms with Crippen LogP contribution >= 0.6 is 0 Å². The molecule has 0 unspecified atom stereocenters. The molecule has 21 heavy (non-hydrogen) atoms. The number of hydrogen-bond donors (Lipinski definition) is 1. The van der Waals surface area contributed by atoms with E-state index in [0.717, 1.165) is 36.0 Å². The standard InChI is InChI=1S/C16H21N3O2/c1-3-19-14-8-5-4-7-12(14)13(18-19)11-17-15(20)16(2)9-6-10-21-16/h4-5,7-8H,3,6,9-11H2,1-2H3,(H,17,20)/t16-/m1/s1. The lowest BCUT2D eigenvalue weighted by molar-refractivity contribution is -0.139. The number of benzene rings is 1. The zero-order chi connectivity index (χ0) is 14.9. The van der Waals surface area contributed by atoms with Gasteiger partial charge in [0.15, 0.2) is 0 Å². The van der Waals surface area contributed by atoms with E-state index in [9.17, 15) is 4.79 Å². The second-order valence-corrected chi connectivity index (χ2v) is 5.65. The van der Waals surface area contributed by atoms with E-state index in [0.29, 0.717) is 13.2 Å². The lowest BCUT2D eigenvalue weighted by Crippen LogP contribution is -2.43. The Balaban J connectivity index is 1.78. The number of para-hydroxylation sites is 1. The molecule has 0 radical (unpaired) electrons. The number of ether oxygens (including phenoxy) is 1. The Labute approximate surface area is 124 Å². The first-order chi connectivity index (χ1) is 10.1. The summed E-state index contributed by atoms with van der Waals surface area (Å²) >= 11 is 0. The van der Waals surface area contributed by atoms with Crippen LogP contribution in [0.3, 0.4) is 0 Å². The van der Waals surface area contributed by atoms with Crippen LogP contribution in [0.5, 0.6) is 0 Å². The zero-order valence-corrected chi connectivity index (χ0v) is 12.6. The van der Waals surface area contributed by atoms with Gasteiger partial charge in [-0.15, -0.1) is 0 Å². The Bertz CT molecular complexity index is 657. The fourth-order valence-electron chi connectivity index (χ4n) is 2.88. The first kappa shape index (κ1) is 14.1. The van der Waals surface area contributed by atoms with Crippen molar-refractivity contribution in [1.82, 2.24) is 15.1 Å². The Kier molecular flexibility index (Phi) is 3.68. The summed E-state index contributed by atoms with van der Waals surface area (Å²) in [6.07, 6.45) is 1.72. The van der Waals surface area contributed by atoms with Gasteiger partial charge in [0.25, 0.3) is 5.91 Å². The van der Waals surface area contributed by atoms with Gasteiger partial charge in [0.2, 0.25) is 0 Å². The number of nitrogens with one attached hydrogen (secondary N) is 1. The summed E-state index contributed by atoms with van der Waals surface area (Å²) in [5, 5.41) is 8.66. The van der Waals surface area contributed by atoms with Crippen LogP contribution in [0.1, 0.15) is 32.4 Å². The van der Waals surface area contributed by atoms with Gasteiger partial charge in [-0.3, -0.25) is 9.48 Å². The number of aromatic nitrogens is 2. The van der Waals surface area contributed by atoms with Crippen LogP contribution in [0, 0.1) is 0 Å². The maximum atomic E-state index is 12.3. The fourth-order valence-corrected chi connectivity index (χ4v) is 2.88. The number of fused-ring (bicyclic) bond motifs is 1. The summed E-state index contributed by atoms with van der Waals surface area (Å²) in [5.74, 6) is -0.0462. The summed E-state index contributed by atoms with van der Waals surface area (Å²) in [4.78, 5) is 12.3. The molecule has 3 rings (SSSR count). The number of hydrogen-bond acceptors (Lipinski definition) is 3. The van der Waals surface area contributed by atoms with E-state index in [2.05, 4.69) is 23.4 Å². The first-order valence-electron chi connectivity index (χ1n) is 7.51. The number of carbonyl (C=O) groups excluding carboxylic acids is 1. The van der Waals surface area contributed by atoms with Gasteiger partial charge in [0, 0.05) is 18.5 Å². The van der Waals surface area contributed by atoms with Gasteiger partial charge in [0.1, 0.15) is 5.60 Å². The second-order valence-electron chi connectivity index (χ2n) is 5.65. The van der Waals surface area contributed by atoms with Crippen LogP contribution in [0.4, 0.5) is 0 Å². The van der Waals surface area contributed by atoms with E-state index in [1.807, 2.05) is 29.8 Å². The van der Waals surface area contributed by atoms with Crippen molar-refractivity contribution in [3.63, 3.8) is 0 Å². The van der Waals surface area contributed by atoms with Gasteiger partial charge in [-0.2, -0.15) is 5.10 Å². The third kappa shape index (κ3) is 2.53. The zero-order valence-electron chi connectivity index (χ0n) is 12.6. The van der Waals surface area contributed by atoms with Gasteiger partial charge in [-0.05, 0) is 32.8 Å². The Morgan fingerprint density at radius 2 is 2.29 bits per heavy atom. The smallest absolute Gasteiger partial charge is 0.252 e. The molecule has 112 valence electrons. The topological polar surface area (TPSA) is 56.2 Å². The predicted octanol–water partition coefficient (Wildman–Crippen LogP) is 2.24. The molecule has 0 spiro atoms. The average Bonchev–Trinajstić information content (AvgIpc) is 3.10. The normalized spacial score (nSPS) is 21.8. The predicted molar refractivity (Wildman–Crippen MR) is 80.8 cm³/mol. The molecule has 5 heteroatoms. The Morgan fingerprint density at radius 3 is 3.00 bits per heavy atom. The fraction of sp³-hybridized carbons (Fsp3) is 0.500. The molecular formula is C16H21N3O2. The summed E-state index contributed by atoms with van der Waals surface area (Å²) < 4.78 is 7.53. The highest BCUT2D eigenvalue weighted by molar-refractivity contribution is 5.86. The lowest BCUT2D eigenvalue weighted by atomic mass is 10.0. The van der Waals surface area contributed by atoms with E-state index in [-0.39, 0.29) is 5.91 Å². The van der Waals surface area contributed by atoms with Crippen molar-refractivity contribution in [2.24, 2.45) is 0 Å². The third-order valence-corrected chi connectivity index (χ3v) is 4.15. The summed E-state index contributed by atoms with van der Waals surface area (Å²) in [6.45, 7) is 5.84. The molecule has 1 aromatic carbocycles. The molecule has 1 atom stereocenters. The molecule has 2 aromatic rings. The number of carbonyl (C=O) groups is 1. The highest BCUT2D eigenvalue weighted by Crippen LogP contribution is 2.25. The Hall–Kier alpha value is -1.88. The van der Waals surface area contributed by atoms with Crippen LogP contribution in [0.15, 0.2) is 24.3 Å². The van der Waals surface area contributed by atoms with Gasteiger partial charge in [-0.1, -0.05) is 18.2 Å². The highest BCUT2D eigenvalue weighted by Gasteiger charge is 2.37. The first-order valence-corrected chi connectivity index (χ1v) is 7.51. The van der Waals surface area contributed by atoms with Crippen LogP contribution in [0.2, 0.25) is 0 Å². The van der Waals surface area contributed by atoms with Crippen molar-refractivity contribution in [2.45, 2.75) is 45.4 Å². The van der Waals surface area contributed by atoms with Crippen LogP contribution in [-0.2, 0) is 22.6 Å². The summed E-state index contributed by atoms with van der Waals surface area (Å²) in [5.41, 5.74) is 1.33. The molecule has 0 bridgehead atoms. The van der Waals surface area contributed by atoms with E-state index in [1.54, 1.807) is 0 Å². The minimum absolute atomic E-state index is 0.0462. The van der Waals surface area contributed by atoms with Gasteiger partial charge in [-0.25, -0.2) is 0 Å². The number of nitrogens with zero attached hydrogens (tertiary/aromatic N) is 2. The molecule has 1 saturated heterocycles. The van der Waals surface area contributed by atoms with E-state index < -0.39 is 5.60 Å². The van der Waals surface area contributed by atoms with Gasteiger partial charge in [0.05, 0.1) is 17.8 Å². The molecule has 1 aliphatic heterocycles. The lowest BCUT2D eigenvalue weighted by Gasteiger charge is -2.21. The van der Waals surface area contributed by atoms with Crippen molar-refractivity contribution in [1.29, 1.82) is 0 Å². The SMILES string of the molecule is CCn1nc(CNC(=O)[C@@]2(C)CCCO2)c2ccccc21. The molecule has 0 saturated carbocycles. The molecule has 1 amide bonds. The quantitative estimate of drug-likeness (QED) is 0.938. The van der Waals surface area contributed by atoms with Crippen molar-refractivity contribution < 1.29 is 9.53 Å². The van der Waals surface area contributed by atoms with E-state index >= 15 is 0 Å². The second kappa shape index (κ2) is 5.48. The van der Waals surface area contributed by atoms with Gasteiger partial charge < -0.3 is 10.1 Å². The van der Waals surface area contributed by atoms with Crippen molar-refractivity contribution in [3.05, 3.63) is 30.0 Å². The average molecular weight is 287 g/mol. The van der Waals surface area contributed by atoms with Crippen LogP contribution in [-0.4, -0.2) is 27.9 Å². The number of rotatable bonds is 4. The Morgan fingerprint density at radius 1 is 1.48 bits per heavy atom. The molecule has 1 aliphatic rings.